The Morgan fingerprint density at radius 3 is 2.59 bits per heavy atom. The Hall–Kier alpha value is -3.01. The highest BCUT2D eigenvalue weighted by atomic mass is 32.2. The highest BCUT2D eigenvalue weighted by Crippen LogP contribution is 2.50. The fourth-order valence-corrected chi connectivity index (χ4v) is 6.49. The molecule has 3 atom stereocenters. The number of rotatable bonds is 7. The number of anilines is 2. The minimum atomic E-state index is -4.50. The molecule has 0 amide bonds. The van der Waals surface area contributed by atoms with Crippen molar-refractivity contribution in [2.24, 2.45) is 10.7 Å². The second kappa shape index (κ2) is 9.38. The number of Topliss-reactive ketones (excluding diaryl/α,β-unsaturated/α-hetero) is 1. The summed E-state index contributed by atoms with van der Waals surface area (Å²) < 4.78 is 56.8. The van der Waals surface area contributed by atoms with E-state index in [1.54, 1.807) is 6.92 Å². The summed E-state index contributed by atoms with van der Waals surface area (Å²) in [5.74, 6) is -1.64. The molecule has 198 valence electrons. The molecule has 4 N–H and O–H groups in total. The molecule has 1 aliphatic heterocycles. The average Bonchev–Trinajstić information content (AvgIpc) is 2.80. The molecule has 4 rings (SSSR count). The van der Waals surface area contributed by atoms with E-state index in [9.17, 15) is 32.2 Å². The average molecular weight is 550 g/mol. The van der Waals surface area contributed by atoms with Crippen LogP contribution in [0.5, 0.6) is 0 Å². The summed E-state index contributed by atoms with van der Waals surface area (Å²) in [6.45, 7) is 5.83. The lowest BCUT2D eigenvalue weighted by molar-refractivity contribution is -0.120. The maximum atomic E-state index is 14.2. The third kappa shape index (κ3) is 5.08. The van der Waals surface area contributed by atoms with Gasteiger partial charge in [0.1, 0.15) is 23.0 Å². The van der Waals surface area contributed by atoms with Gasteiger partial charge in [0.05, 0.1) is 22.7 Å². The van der Waals surface area contributed by atoms with Crippen LogP contribution >= 0.6 is 7.52 Å². The number of fused-ring (bicyclic) bond motifs is 2. The summed E-state index contributed by atoms with van der Waals surface area (Å²) in [6, 6.07) is 7.81. The van der Waals surface area contributed by atoms with Crippen LogP contribution in [0.15, 0.2) is 46.7 Å². The quantitative estimate of drug-likeness (QED) is 0.373. The minimum Gasteiger partial charge on any atom is -0.506 e. The lowest BCUT2D eigenvalue weighted by Crippen LogP contribution is -2.42. The third-order valence-corrected chi connectivity index (χ3v) is 9.05. The van der Waals surface area contributed by atoms with Gasteiger partial charge in [0.25, 0.3) is 0 Å². The Morgan fingerprint density at radius 2 is 1.95 bits per heavy atom. The number of carbonyl (C=O) groups is 1. The molecule has 0 saturated carbocycles. The van der Waals surface area contributed by atoms with Crippen molar-refractivity contribution < 1.29 is 32.2 Å². The summed E-state index contributed by atoms with van der Waals surface area (Å²) in [7, 11) is -8.13. The predicted octanol–water partition coefficient (Wildman–Crippen LogP) is 4.47. The zero-order valence-corrected chi connectivity index (χ0v) is 22.6. The second-order valence-corrected chi connectivity index (χ2v) is 13.4. The molecule has 0 bridgehead atoms. The van der Waals surface area contributed by atoms with Gasteiger partial charge in [-0.05, 0) is 61.6 Å². The molecule has 3 unspecified atom stereocenters. The largest absolute Gasteiger partial charge is 0.506 e. The molecule has 2 aromatic rings. The van der Waals surface area contributed by atoms with Crippen molar-refractivity contribution in [3.8, 4) is 0 Å². The van der Waals surface area contributed by atoms with Crippen LogP contribution in [0.4, 0.5) is 15.8 Å². The van der Waals surface area contributed by atoms with Crippen LogP contribution in [-0.2, 0) is 24.8 Å². The van der Waals surface area contributed by atoms with Crippen LogP contribution in [-0.4, -0.2) is 36.3 Å². The number of amidine groups is 1. The summed E-state index contributed by atoms with van der Waals surface area (Å²) >= 11 is 0. The number of carbonyl (C=O) groups excluding carboxylic acids is 1. The molecule has 2 aliphatic rings. The minimum absolute atomic E-state index is 0.0637. The van der Waals surface area contributed by atoms with E-state index < -0.39 is 40.3 Å². The number of aliphatic hydroxyl groups excluding tert-OH is 1. The van der Waals surface area contributed by atoms with Crippen molar-refractivity contribution in [2.75, 3.05) is 16.3 Å². The van der Waals surface area contributed by atoms with Gasteiger partial charge in [0, 0.05) is 11.3 Å². The van der Waals surface area contributed by atoms with Crippen LogP contribution in [0.3, 0.4) is 0 Å². The van der Waals surface area contributed by atoms with Gasteiger partial charge in [-0.3, -0.25) is 14.1 Å². The van der Waals surface area contributed by atoms with Gasteiger partial charge in [-0.1, -0.05) is 26.3 Å². The zero-order chi connectivity index (χ0) is 27.3. The maximum Gasteiger partial charge on any atom is 0.346 e. The second-order valence-electron chi connectivity index (χ2n) is 9.85. The van der Waals surface area contributed by atoms with Gasteiger partial charge in [-0.25, -0.2) is 12.8 Å². The molecule has 1 heterocycles. The molecule has 0 saturated heterocycles. The van der Waals surface area contributed by atoms with Crippen molar-refractivity contribution in [1.29, 1.82) is 0 Å². The first-order valence-electron chi connectivity index (χ1n) is 11.8. The number of hydrogen-bond acceptors (Lipinski definition) is 6. The highest BCUT2D eigenvalue weighted by molar-refractivity contribution is 7.92. The fraction of sp³-hybridized carbons (Fsp3) is 0.360. The van der Waals surface area contributed by atoms with Gasteiger partial charge >= 0.3 is 7.52 Å². The summed E-state index contributed by atoms with van der Waals surface area (Å²) in [5.41, 5.74) is -0.659. The van der Waals surface area contributed by atoms with E-state index in [1.807, 2.05) is 6.92 Å². The van der Waals surface area contributed by atoms with Crippen molar-refractivity contribution in [3.05, 3.63) is 58.9 Å². The van der Waals surface area contributed by atoms with Gasteiger partial charge < -0.3 is 15.3 Å². The number of ketones is 1. The van der Waals surface area contributed by atoms with Crippen LogP contribution in [0.25, 0.3) is 5.76 Å². The van der Waals surface area contributed by atoms with Crippen molar-refractivity contribution >= 4 is 51.6 Å². The van der Waals surface area contributed by atoms with E-state index in [-0.39, 0.29) is 33.7 Å². The Kier molecular flexibility index (Phi) is 6.85. The Bertz CT molecular complexity index is 1520. The monoisotopic (exact) mass is 549 g/mol. The van der Waals surface area contributed by atoms with Crippen molar-refractivity contribution in [3.63, 3.8) is 0 Å². The maximum absolute atomic E-state index is 14.2. The molecule has 0 fully saturated rings. The smallest absolute Gasteiger partial charge is 0.346 e. The normalized spacial score (nSPS) is 24.1. The summed E-state index contributed by atoms with van der Waals surface area (Å²) in [5, 5.41) is 13.8. The number of benzene rings is 2. The molecule has 37 heavy (non-hydrogen) atoms. The van der Waals surface area contributed by atoms with Gasteiger partial charge in [-0.15, -0.1) is 0 Å². The number of nitrogens with zero attached hydrogens (tertiary/aromatic N) is 1. The van der Waals surface area contributed by atoms with Gasteiger partial charge in [-0.2, -0.15) is 4.76 Å². The first-order chi connectivity index (χ1) is 17.2. The molecular formula is C25H29FN3O6PS. The Balaban J connectivity index is 1.84. The standard InChI is InChI=1S/C25H29FN3O6PS/c1-5-14(2)10-11-25(3)18-8-6-15(26)12-17(18)22(30)21(23(25)31)24-27-19-9-7-16(29-37(4,34)35)13-20(19)36(32,33)28-24/h6-9,12-14,29-30H,5,10-11H2,1-4H3,(H2,27,28,32,33). The first-order valence-corrected chi connectivity index (χ1v) is 15.3. The number of aliphatic hydroxyl groups is 1. The predicted molar refractivity (Wildman–Crippen MR) is 142 cm³/mol. The summed E-state index contributed by atoms with van der Waals surface area (Å²) in [4.78, 5) is 24.7. The molecule has 12 heteroatoms. The number of nitrogens with one attached hydrogen (secondary N) is 2. The molecule has 2 aromatic carbocycles. The number of hydrogen-bond donors (Lipinski definition) is 4. The van der Waals surface area contributed by atoms with Crippen LogP contribution in [0.1, 0.15) is 51.2 Å². The lowest BCUT2D eigenvalue weighted by Gasteiger charge is -2.37. The number of halogens is 1. The van der Waals surface area contributed by atoms with Crippen molar-refractivity contribution in [2.45, 2.75) is 45.4 Å². The topological polar surface area (TPSA) is 145 Å². The van der Waals surface area contributed by atoms with E-state index in [2.05, 4.69) is 21.7 Å². The Morgan fingerprint density at radius 1 is 1.24 bits per heavy atom. The molecule has 0 radical (unpaired) electrons. The number of sulfonamides is 1. The van der Waals surface area contributed by atoms with E-state index in [1.165, 1.54) is 30.3 Å². The molecule has 9 nitrogen and oxygen atoms in total. The highest BCUT2D eigenvalue weighted by Gasteiger charge is 2.47. The first kappa shape index (κ1) is 27.0. The van der Waals surface area contributed by atoms with E-state index in [4.69, 9.17) is 0 Å². The van der Waals surface area contributed by atoms with Crippen LogP contribution in [0, 0.1) is 11.7 Å². The van der Waals surface area contributed by atoms with Crippen LogP contribution < -0.4 is 15.3 Å². The zero-order valence-electron chi connectivity index (χ0n) is 20.9. The third-order valence-electron chi connectivity index (χ3n) is 6.97. The van der Waals surface area contributed by atoms with E-state index >= 15 is 0 Å². The van der Waals surface area contributed by atoms with Gasteiger partial charge in [0.2, 0.25) is 10.0 Å². The van der Waals surface area contributed by atoms with E-state index in [0.717, 1.165) is 18.7 Å². The summed E-state index contributed by atoms with van der Waals surface area (Å²) in [6.07, 6.45) is 2.96. The van der Waals surface area contributed by atoms with E-state index in [0.29, 0.717) is 24.3 Å². The fourth-order valence-electron chi connectivity index (χ4n) is 4.65. The molecule has 1 aliphatic carbocycles. The van der Waals surface area contributed by atoms with Gasteiger partial charge in [0.15, 0.2) is 5.78 Å². The van der Waals surface area contributed by atoms with Crippen molar-refractivity contribution in [1.82, 2.24) is 0 Å². The lowest BCUT2D eigenvalue weighted by atomic mass is 9.66. The Labute approximate surface area is 215 Å². The molecular weight excluding hydrogens is 520 g/mol. The molecule has 0 aromatic heterocycles. The SMILES string of the molecule is CCC(C)CCC1(C)C(=O)C(C2=NP(=O)(O)c3cc(NS(C)(=O)=O)ccc3N2)=C(O)c2cc(F)ccc21. The van der Waals surface area contributed by atoms with Crippen LogP contribution in [0.2, 0.25) is 0 Å². The molecule has 0 spiro atoms.